The molecule has 0 aromatic heterocycles. The van der Waals surface area contributed by atoms with Gasteiger partial charge in [0.2, 0.25) is 0 Å². The third-order valence-electron chi connectivity index (χ3n) is 5.46. The molecule has 33 heavy (non-hydrogen) atoms. The minimum atomic E-state index is -0.411. The molecule has 6 heteroatoms. The minimum absolute atomic E-state index is 0.0318. The summed E-state index contributed by atoms with van der Waals surface area (Å²) in [5.41, 5.74) is 2.40. The highest BCUT2D eigenvalue weighted by Crippen LogP contribution is 2.33. The summed E-state index contributed by atoms with van der Waals surface area (Å²) < 4.78 is 5.23. The topological polar surface area (TPSA) is 72.7 Å². The number of ether oxygens (including phenoxy) is 1. The first-order valence-corrected chi connectivity index (χ1v) is 10.3. The molecule has 0 radical (unpaired) electrons. The van der Waals surface area contributed by atoms with E-state index in [1.807, 2.05) is 60.7 Å². The first kappa shape index (κ1) is 21.8. The molecule has 4 aromatic rings. The smallest absolute Gasteiger partial charge is 0.293 e. The number of para-hydroxylation sites is 1. The number of hydrogen-bond acceptors (Lipinski definition) is 5. The molecule has 4 rings (SSSR count). The maximum atomic E-state index is 12.7. The van der Waals surface area contributed by atoms with Gasteiger partial charge in [0.05, 0.1) is 12.0 Å². The fourth-order valence-electron chi connectivity index (χ4n) is 3.64. The molecular formula is C27H22N2O4. The SMILES string of the molecule is COc1ccc2cc(C(=O)/C=C/c3ccc(N(C)c4ccccc4)c([N+](=O)[O-])c3)ccc2c1. The van der Waals surface area contributed by atoms with Gasteiger partial charge in [-0.05, 0) is 58.8 Å². The number of nitrogens with zero attached hydrogens (tertiary/aromatic N) is 2. The number of benzene rings is 4. The van der Waals surface area contributed by atoms with E-state index in [-0.39, 0.29) is 11.5 Å². The first-order chi connectivity index (χ1) is 16.0. The van der Waals surface area contributed by atoms with E-state index >= 15 is 0 Å². The Bertz CT molecular complexity index is 1360. The van der Waals surface area contributed by atoms with E-state index in [1.165, 1.54) is 12.1 Å². The number of ketones is 1. The summed E-state index contributed by atoms with van der Waals surface area (Å²) >= 11 is 0. The predicted octanol–water partition coefficient (Wildman–Crippen LogP) is 6.42. The molecule has 0 N–H and O–H groups in total. The number of fused-ring (bicyclic) bond motifs is 1. The van der Waals surface area contributed by atoms with Crippen molar-refractivity contribution in [2.75, 3.05) is 19.1 Å². The molecular weight excluding hydrogens is 416 g/mol. The van der Waals surface area contributed by atoms with E-state index in [0.29, 0.717) is 16.8 Å². The van der Waals surface area contributed by atoms with Gasteiger partial charge in [0.15, 0.2) is 5.78 Å². The van der Waals surface area contributed by atoms with Crippen LogP contribution in [0.15, 0.2) is 91.0 Å². The Balaban J connectivity index is 1.59. The summed E-state index contributed by atoms with van der Waals surface area (Å²) in [4.78, 5) is 25.8. The maximum absolute atomic E-state index is 12.7. The molecule has 0 bridgehead atoms. The highest BCUT2D eigenvalue weighted by Gasteiger charge is 2.18. The lowest BCUT2D eigenvalue weighted by atomic mass is 10.0. The number of anilines is 2. The molecule has 0 fully saturated rings. The lowest BCUT2D eigenvalue weighted by Crippen LogP contribution is -2.11. The lowest BCUT2D eigenvalue weighted by molar-refractivity contribution is -0.384. The Morgan fingerprint density at radius 3 is 2.39 bits per heavy atom. The molecule has 0 spiro atoms. The number of carbonyl (C=O) groups is 1. The number of hydrogen-bond donors (Lipinski definition) is 0. The number of nitro benzene ring substituents is 1. The number of nitro groups is 1. The summed E-state index contributed by atoms with van der Waals surface area (Å²) in [6.45, 7) is 0. The van der Waals surface area contributed by atoms with Crippen LogP contribution in [0.1, 0.15) is 15.9 Å². The van der Waals surface area contributed by atoms with Gasteiger partial charge in [-0.25, -0.2) is 0 Å². The molecule has 0 unspecified atom stereocenters. The van der Waals surface area contributed by atoms with E-state index in [4.69, 9.17) is 4.74 Å². The van der Waals surface area contributed by atoms with Gasteiger partial charge >= 0.3 is 0 Å². The van der Waals surface area contributed by atoms with E-state index in [1.54, 1.807) is 43.3 Å². The third kappa shape index (κ3) is 4.75. The summed E-state index contributed by atoms with van der Waals surface area (Å²) in [7, 11) is 3.40. The van der Waals surface area contributed by atoms with Crippen LogP contribution in [0, 0.1) is 10.1 Å². The normalized spacial score (nSPS) is 11.0. The molecule has 6 nitrogen and oxygen atoms in total. The zero-order valence-corrected chi connectivity index (χ0v) is 18.3. The number of allylic oxidation sites excluding steroid dienone is 1. The van der Waals surface area contributed by atoms with Crippen LogP contribution in [0.2, 0.25) is 0 Å². The van der Waals surface area contributed by atoms with E-state index < -0.39 is 4.92 Å². The second kappa shape index (κ2) is 9.36. The summed E-state index contributed by atoms with van der Waals surface area (Å²) in [6.07, 6.45) is 3.03. The fraction of sp³-hybridized carbons (Fsp3) is 0.0741. The molecule has 0 atom stereocenters. The van der Waals surface area contributed by atoms with Crippen LogP contribution < -0.4 is 9.64 Å². The van der Waals surface area contributed by atoms with Gasteiger partial charge in [-0.3, -0.25) is 14.9 Å². The van der Waals surface area contributed by atoms with E-state index in [2.05, 4.69) is 0 Å². The van der Waals surface area contributed by atoms with Crippen molar-refractivity contribution in [1.82, 2.24) is 0 Å². The van der Waals surface area contributed by atoms with Crippen LogP contribution in [0.5, 0.6) is 5.75 Å². The maximum Gasteiger partial charge on any atom is 0.293 e. The van der Waals surface area contributed by atoms with Crippen LogP contribution in [0.3, 0.4) is 0 Å². The van der Waals surface area contributed by atoms with Gasteiger partial charge in [-0.15, -0.1) is 0 Å². The molecule has 0 aliphatic rings. The van der Waals surface area contributed by atoms with Crippen LogP contribution in [-0.2, 0) is 0 Å². The van der Waals surface area contributed by atoms with Crippen LogP contribution in [0.4, 0.5) is 17.1 Å². The van der Waals surface area contributed by atoms with Gasteiger partial charge in [-0.1, -0.05) is 48.5 Å². The van der Waals surface area contributed by atoms with Gasteiger partial charge in [0.25, 0.3) is 5.69 Å². The van der Waals surface area contributed by atoms with Gasteiger partial charge in [0, 0.05) is 24.4 Å². The van der Waals surface area contributed by atoms with Crippen molar-refractivity contribution in [3.63, 3.8) is 0 Å². The fourth-order valence-corrected chi connectivity index (χ4v) is 3.64. The zero-order valence-electron chi connectivity index (χ0n) is 18.3. The second-order valence-electron chi connectivity index (χ2n) is 7.53. The number of carbonyl (C=O) groups excluding carboxylic acids is 1. The van der Waals surface area contributed by atoms with Crippen molar-refractivity contribution in [2.24, 2.45) is 0 Å². The van der Waals surface area contributed by atoms with Crippen LogP contribution in [-0.4, -0.2) is 24.9 Å². The predicted molar refractivity (Wildman–Crippen MR) is 131 cm³/mol. The minimum Gasteiger partial charge on any atom is -0.497 e. The molecule has 164 valence electrons. The Morgan fingerprint density at radius 2 is 1.67 bits per heavy atom. The Morgan fingerprint density at radius 1 is 0.939 bits per heavy atom. The first-order valence-electron chi connectivity index (χ1n) is 10.3. The quantitative estimate of drug-likeness (QED) is 0.144. The Kier molecular flexibility index (Phi) is 6.17. The van der Waals surface area contributed by atoms with Gasteiger partial charge in [-0.2, -0.15) is 0 Å². The number of methoxy groups -OCH3 is 1. The molecule has 0 saturated carbocycles. The highest BCUT2D eigenvalue weighted by molar-refractivity contribution is 6.08. The summed E-state index contributed by atoms with van der Waals surface area (Å²) in [5, 5.41) is 13.6. The molecule has 0 saturated heterocycles. The lowest BCUT2D eigenvalue weighted by Gasteiger charge is -2.19. The van der Waals surface area contributed by atoms with Crippen molar-refractivity contribution in [1.29, 1.82) is 0 Å². The molecule has 0 aliphatic heterocycles. The largest absolute Gasteiger partial charge is 0.497 e. The van der Waals surface area contributed by atoms with Crippen molar-refractivity contribution in [2.45, 2.75) is 0 Å². The summed E-state index contributed by atoms with van der Waals surface area (Å²) in [5.74, 6) is 0.574. The van der Waals surface area contributed by atoms with E-state index in [9.17, 15) is 14.9 Å². The second-order valence-corrected chi connectivity index (χ2v) is 7.53. The molecule has 0 amide bonds. The zero-order chi connectivity index (χ0) is 23.4. The third-order valence-corrected chi connectivity index (χ3v) is 5.46. The summed E-state index contributed by atoms with van der Waals surface area (Å²) in [6, 6.07) is 25.5. The van der Waals surface area contributed by atoms with Crippen LogP contribution >= 0.6 is 0 Å². The highest BCUT2D eigenvalue weighted by atomic mass is 16.6. The molecule has 4 aromatic carbocycles. The Labute approximate surface area is 191 Å². The van der Waals surface area contributed by atoms with Crippen LogP contribution in [0.25, 0.3) is 16.8 Å². The van der Waals surface area contributed by atoms with Crippen molar-refractivity contribution in [3.05, 3.63) is 112 Å². The van der Waals surface area contributed by atoms with Crippen molar-refractivity contribution < 1.29 is 14.5 Å². The average molecular weight is 438 g/mol. The van der Waals surface area contributed by atoms with Crippen molar-refractivity contribution in [3.8, 4) is 5.75 Å². The van der Waals surface area contributed by atoms with E-state index in [0.717, 1.165) is 22.2 Å². The Hall–Kier alpha value is -4.45. The van der Waals surface area contributed by atoms with Gasteiger partial charge < -0.3 is 9.64 Å². The van der Waals surface area contributed by atoms with Crippen molar-refractivity contribution >= 4 is 39.7 Å². The average Bonchev–Trinajstić information content (AvgIpc) is 2.86. The molecule has 0 aliphatic carbocycles. The molecule has 0 heterocycles. The number of rotatable bonds is 7. The standard InChI is InChI=1S/C27H22N2O4/c1-28(23-6-4-3-5-7-23)25-14-8-19(16-26(25)29(31)32)9-15-27(30)22-11-10-21-18-24(33-2)13-12-20(21)17-22/h3-18H,1-2H3/b15-9+. The van der Waals surface area contributed by atoms with Gasteiger partial charge in [0.1, 0.15) is 11.4 Å². The monoisotopic (exact) mass is 438 g/mol.